The van der Waals surface area contributed by atoms with Crippen LogP contribution in [0, 0.1) is 0 Å². The van der Waals surface area contributed by atoms with Gasteiger partial charge in [-0.05, 0) is 6.42 Å². The van der Waals surface area contributed by atoms with Crippen molar-refractivity contribution in [1.82, 2.24) is 5.32 Å². The molecule has 6 unspecified atom stereocenters. The largest absolute Gasteiger partial charge is 0.394 e. The standard InChI is InChI=1S/C30H60N2O8/c1-4-5-6-7-8-9-10-11-12-13-14-15-16-18-26(35)31-19-17-20-32(2,3)21-24(34)23-39-30-29(38)28(37)27(36)25(22-33)40-30/h24-25,27-30,33-34,36-38H,4-23H2,1-3H3/p+1. The van der Waals surface area contributed by atoms with Crippen LogP contribution in [0.3, 0.4) is 0 Å². The van der Waals surface area contributed by atoms with E-state index in [2.05, 4.69) is 12.2 Å². The van der Waals surface area contributed by atoms with Crippen molar-refractivity contribution in [3.63, 3.8) is 0 Å². The maximum absolute atomic E-state index is 12.1. The van der Waals surface area contributed by atoms with Gasteiger partial charge in [0.1, 0.15) is 37.1 Å². The molecule has 238 valence electrons. The van der Waals surface area contributed by atoms with Gasteiger partial charge in [0, 0.05) is 19.4 Å². The zero-order valence-electron chi connectivity index (χ0n) is 25.5. The second-order valence-corrected chi connectivity index (χ2v) is 12.2. The second-order valence-electron chi connectivity index (χ2n) is 12.2. The number of hydrogen-bond acceptors (Lipinski definition) is 8. The molecule has 0 aromatic rings. The summed E-state index contributed by atoms with van der Waals surface area (Å²) in [6.45, 7) is 3.30. The number of quaternary nitrogens is 1. The number of unbranched alkanes of at least 4 members (excludes halogenated alkanes) is 12. The zero-order chi connectivity index (χ0) is 29.8. The first-order valence-corrected chi connectivity index (χ1v) is 15.8. The van der Waals surface area contributed by atoms with Crippen molar-refractivity contribution in [3.8, 4) is 0 Å². The highest BCUT2D eigenvalue weighted by Gasteiger charge is 2.44. The van der Waals surface area contributed by atoms with Gasteiger partial charge in [-0.2, -0.15) is 0 Å². The predicted molar refractivity (Wildman–Crippen MR) is 156 cm³/mol. The molecule has 0 aromatic heterocycles. The Hall–Kier alpha value is -0.850. The van der Waals surface area contributed by atoms with E-state index in [4.69, 9.17) is 9.47 Å². The second kappa shape index (κ2) is 21.8. The number of ether oxygens (including phenoxy) is 2. The third-order valence-corrected chi connectivity index (χ3v) is 7.78. The average Bonchev–Trinajstić information content (AvgIpc) is 2.91. The lowest BCUT2D eigenvalue weighted by Crippen LogP contribution is -2.59. The lowest BCUT2D eigenvalue weighted by Gasteiger charge is -2.40. The third-order valence-electron chi connectivity index (χ3n) is 7.78. The van der Waals surface area contributed by atoms with E-state index in [1.54, 1.807) is 0 Å². The predicted octanol–water partition coefficient (Wildman–Crippen LogP) is 2.23. The molecule has 1 rings (SSSR count). The molecule has 0 spiro atoms. The highest BCUT2D eigenvalue weighted by atomic mass is 16.7. The molecule has 6 N–H and O–H groups in total. The fourth-order valence-electron chi connectivity index (χ4n) is 5.25. The van der Waals surface area contributed by atoms with Crippen molar-refractivity contribution in [3.05, 3.63) is 0 Å². The molecule has 1 aliphatic rings. The minimum absolute atomic E-state index is 0.0985. The van der Waals surface area contributed by atoms with Gasteiger partial charge in [-0.25, -0.2) is 0 Å². The molecule has 1 saturated heterocycles. The molecule has 1 fully saturated rings. The Morgan fingerprint density at radius 1 is 0.850 bits per heavy atom. The van der Waals surface area contributed by atoms with Crippen molar-refractivity contribution >= 4 is 5.91 Å². The van der Waals surface area contributed by atoms with Crippen LogP contribution in [-0.2, 0) is 14.3 Å². The highest BCUT2D eigenvalue weighted by molar-refractivity contribution is 5.75. The summed E-state index contributed by atoms with van der Waals surface area (Å²) in [6, 6.07) is 0. The number of amides is 1. The molecule has 6 atom stereocenters. The molecule has 40 heavy (non-hydrogen) atoms. The molecule has 1 aliphatic heterocycles. The first-order valence-electron chi connectivity index (χ1n) is 15.8. The number of carbonyl (C=O) groups is 1. The molecule has 0 saturated carbocycles. The lowest BCUT2D eigenvalue weighted by atomic mass is 9.99. The number of aliphatic hydroxyl groups is 5. The number of rotatable bonds is 24. The number of hydrogen-bond donors (Lipinski definition) is 6. The molecular formula is C30H61N2O8+. The van der Waals surface area contributed by atoms with E-state index in [0.29, 0.717) is 24.0 Å². The average molecular weight is 578 g/mol. The summed E-state index contributed by atoms with van der Waals surface area (Å²) in [7, 11) is 3.96. The summed E-state index contributed by atoms with van der Waals surface area (Å²) in [4.78, 5) is 12.1. The molecule has 0 aliphatic carbocycles. The van der Waals surface area contributed by atoms with Crippen LogP contribution < -0.4 is 5.32 Å². The fraction of sp³-hybridized carbons (Fsp3) is 0.967. The molecule has 10 heteroatoms. The molecule has 10 nitrogen and oxygen atoms in total. The zero-order valence-corrected chi connectivity index (χ0v) is 25.5. The van der Waals surface area contributed by atoms with Crippen LogP contribution in [0.2, 0.25) is 0 Å². The van der Waals surface area contributed by atoms with Crippen molar-refractivity contribution < 1.29 is 44.3 Å². The van der Waals surface area contributed by atoms with E-state index >= 15 is 0 Å². The summed E-state index contributed by atoms with van der Waals surface area (Å²) >= 11 is 0. The molecule has 0 aromatic carbocycles. The van der Waals surface area contributed by atoms with Crippen LogP contribution in [0.5, 0.6) is 0 Å². The minimum atomic E-state index is -1.51. The van der Waals surface area contributed by atoms with Gasteiger partial charge in [-0.15, -0.1) is 0 Å². The Labute approximate surface area is 242 Å². The topological polar surface area (TPSA) is 149 Å². The molecule has 0 radical (unpaired) electrons. The number of nitrogens with zero attached hydrogens (tertiary/aromatic N) is 1. The van der Waals surface area contributed by atoms with Crippen LogP contribution >= 0.6 is 0 Å². The number of carbonyl (C=O) groups excluding carboxylic acids is 1. The van der Waals surface area contributed by atoms with E-state index in [-0.39, 0.29) is 12.5 Å². The van der Waals surface area contributed by atoms with E-state index in [1.165, 1.54) is 70.6 Å². The van der Waals surface area contributed by atoms with Crippen molar-refractivity contribution in [2.45, 2.75) is 140 Å². The molecule has 0 bridgehead atoms. The van der Waals surface area contributed by atoms with Crippen LogP contribution in [0.1, 0.15) is 103 Å². The monoisotopic (exact) mass is 577 g/mol. The Balaban J connectivity index is 2.05. The first-order chi connectivity index (χ1) is 19.1. The van der Waals surface area contributed by atoms with E-state index in [0.717, 1.165) is 25.8 Å². The van der Waals surface area contributed by atoms with E-state index in [9.17, 15) is 30.3 Å². The normalized spacial score (nSPS) is 24.2. The highest BCUT2D eigenvalue weighted by Crippen LogP contribution is 2.22. The Bertz CT molecular complexity index is 637. The quantitative estimate of drug-likeness (QED) is 0.0756. The van der Waals surface area contributed by atoms with E-state index in [1.807, 2.05) is 14.1 Å². The van der Waals surface area contributed by atoms with Gasteiger partial charge in [0.25, 0.3) is 0 Å². The minimum Gasteiger partial charge on any atom is -0.394 e. The summed E-state index contributed by atoms with van der Waals surface area (Å²) in [6.07, 6.45) is 10.5. The summed E-state index contributed by atoms with van der Waals surface area (Å²) in [5, 5.41) is 52.4. The lowest BCUT2D eigenvalue weighted by molar-refractivity contribution is -0.893. The number of nitrogens with one attached hydrogen (secondary N) is 1. The van der Waals surface area contributed by atoms with Crippen LogP contribution in [0.4, 0.5) is 0 Å². The van der Waals surface area contributed by atoms with Gasteiger partial charge >= 0.3 is 0 Å². The third kappa shape index (κ3) is 16.6. The van der Waals surface area contributed by atoms with Crippen molar-refractivity contribution in [1.29, 1.82) is 0 Å². The van der Waals surface area contributed by atoms with Gasteiger partial charge in [0.2, 0.25) is 5.91 Å². The summed E-state index contributed by atoms with van der Waals surface area (Å²) < 4.78 is 11.2. The summed E-state index contributed by atoms with van der Waals surface area (Å²) in [5.41, 5.74) is 0. The van der Waals surface area contributed by atoms with Gasteiger partial charge in [-0.3, -0.25) is 4.79 Å². The SMILES string of the molecule is CCCCCCCCCCCCCCCC(=O)NCCC[N+](C)(C)CC(O)COC1OC(CO)C(O)C(O)C1O. The Kier molecular flexibility index (Phi) is 20.3. The number of aliphatic hydroxyl groups excluding tert-OH is 5. The Morgan fingerprint density at radius 3 is 1.95 bits per heavy atom. The van der Waals surface area contributed by atoms with Crippen LogP contribution in [0.15, 0.2) is 0 Å². The van der Waals surface area contributed by atoms with Crippen molar-refractivity contribution in [2.75, 3.05) is 46.9 Å². The van der Waals surface area contributed by atoms with Gasteiger partial charge < -0.3 is 44.8 Å². The molecule has 1 amide bonds. The maximum atomic E-state index is 12.1. The van der Waals surface area contributed by atoms with Crippen LogP contribution in [-0.4, -0.2) is 120 Å². The van der Waals surface area contributed by atoms with Crippen LogP contribution in [0.25, 0.3) is 0 Å². The number of likely N-dealkylation sites (N-methyl/N-ethyl adjacent to an activating group) is 1. The van der Waals surface area contributed by atoms with Gasteiger partial charge in [0.15, 0.2) is 6.29 Å². The molecular weight excluding hydrogens is 516 g/mol. The fourth-order valence-corrected chi connectivity index (χ4v) is 5.25. The smallest absolute Gasteiger partial charge is 0.219 e. The van der Waals surface area contributed by atoms with E-state index < -0.39 is 43.4 Å². The summed E-state index contributed by atoms with van der Waals surface area (Å²) in [5.74, 6) is 0.0985. The first kappa shape index (κ1) is 37.2. The maximum Gasteiger partial charge on any atom is 0.219 e. The molecule has 1 heterocycles. The van der Waals surface area contributed by atoms with Crippen molar-refractivity contribution in [2.24, 2.45) is 0 Å². The van der Waals surface area contributed by atoms with Gasteiger partial charge in [0.05, 0.1) is 33.9 Å². The van der Waals surface area contributed by atoms with Gasteiger partial charge in [-0.1, -0.05) is 84.0 Å². The Morgan fingerprint density at radius 2 is 1.40 bits per heavy atom.